The van der Waals surface area contributed by atoms with E-state index >= 15 is 0 Å². The van der Waals surface area contributed by atoms with Gasteiger partial charge in [-0.1, -0.05) is 18.2 Å². The maximum absolute atomic E-state index is 12.7. The average Bonchev–Trinajstić information content (AvgIpc) is 2.67. The maximum Gasteiger partial charge on any atom is 0.255 e. The van der Waals surface area contributed by atoms with Crippen molar-refractivity contribution in [1.82, 2.24) is 4.98 Å². The predicted octanol–water partition coefficient (Wildman–Crippen LogP) is 5.09. The Labute approximate surface area is 159 Å². The molecule has 0 saturated carbocycles. The number of hydrogen-bond acceptors (Lipinski definition) is 4. The zero-order valence-corrected chi connectivity index (χ0v) is 15.7. The summed E-state index contributed by atoms with van der Waals surface area (Å²) in [5.74, 6) is 1.05. The Bertz CT molecular complexity index is 954. The minimum atomic E-state index is -0.215. The molecule has 1 amide bonds. The van der Waals surface area contributed by atoms with Crippen LogP contribution in [0.5, 0.6) is 5.75 Å². The maximum atomic E-state index is 12.7. The van der Waals surface area contributed by atoms with Crippen LogP contribution in [0, 0.1) is 13.8 Å². The minimum Gasteiger partial charge on any atom is -0.492 e. The van der Waals surface area contributed by atoms with Gasteiger partial charge in [-0.15, -0.1) is 0 Å². The van der Waals surface area contributed by atoms with Crippen molar-refractivity contribution in [2.24, 2.45) is 0 Å². The van der Waals surface area contributed by atoms with Crippen molar-refractivity contribution in [2.45, 2.75) is 20.8 Å². The molecule has 0 saturated heterocycles. The topological polar surface area (TPSA) is 63.2 Å². The molecule has 5 heteroatoms. The number of nitrogens with zero attached hydrogens (tertiary/aromatic N) is 1. The van der Waals surface area contributed by atoms with Crippen LogP contribution in [0.25, 0.3) is 0 Å². The van der Waals surface area contributed by atoms with Crippen molar-refractivity contribution in [3.63, 3.8) is 0 Å². The SMILES string of the molecule is CCOc1ccccc1NC(=O)c1ccnc(Nc2ccc(C)c(C)c2)c1. The highest BCUT2D eigenvalue weighted by molar-refractivity contribution is 6.05. The van der Waals surface area contributed by atoms with Crippen molar-refractivity contribution in [3.05, 3.63) is 77.5 Å². The number of aryl methyl sites for hydroxylation is 2. The Hall–Kier alpha value is -3.34. The van der Waals surface area contributed by atoms with Gasteiger partial charge in [-0.25, -0.2) is 4.98 Å². The van der Waals surface area contributed by atoms with Crippen molar-refractivity contribution in [1.29, 1.82) is 0 Å². The lowest BCUT2D eigenvalue weighted by molar-refractivity contribution is 0.102. The average molecular weight is 361 g/mol. The second kappa shape index (κ2) is 8.36. The van der Waals surface area contributed by atoms with E-state index in [2.05, 4.69) is 41.6 Å². The van der Waals surface area contributed by atoms with Gasteiger partial charge in [0.05, 0.1) is 12.3 Å². The van der Waals surface area contributed by atoms with Gasteiger partial charge >= 0.3 is 0 Å². The molecule has 0 aliphatic rings. The Morgan fingerprint density at radius 3 is 2.63 bits per heavy atom. The number of benzene rings is 2. The second-order valence-electron chi connectivity index (χ2n) is 6.24. The molecule has 0 aliphatic heterocycles. The third-order valence-corrected chi connectivity index (χ3v) is 4.24. The summed E-state index contributed by atoms with van der Waals surface area (Å²) >= 11 is 0. The van der Waals surface area contributed by atoms with Crippen molar-refractivity contribution in [3.8, 4) is 5.75 Å². The van der Waals surface area contributed by atoms with E-state index in [-0.39, 0.29) is 5.91 Å². The third kappa shape index (κ3) is 4.64. The van der Waals surface area contributed by atoms with E-state index in [1.165, 1.54) is 11.1 Å². The molecule has 3 aromatic rings. The summed E-state index contributed by atoms with van der Waals surface area (Å²) < 4.78 is 5.56. The van der Waals surface area contributed by atoms with Crippen LogP contribution in [0.2, 0.25) is 0 Å². The third-order valence-electron chi connectivity index (χ3n) is 4.24. The van der Waals surface area contributed by atoms with Gasteiger partial charge in [0, 0.05) is 17.4 Å². The standard InChI is InChI=1S/C22H23N3O2/c1-4-27-20-8-6-5-7-19(20)25-22(26)17-11-12-23-21(14-17)24-18-10-9-15(2)16(3)13-18/h5-14H,4H2,1-3H3,(H,23,24)(H,25,26). The lowest BCUT2D eigenvalue weighted by atomic mass is 10.1. The summed E-state index contributed by atoms with van der Waals surface area (Å²) in [6.07, 6.45) is 1.62. The van der Waals surface area contributed by atoms with Crippen LogP contribution in [0.1, 0.15) is 28.4 Å². The number of hydrogen-bond donors (Lipinski definition) is 2. The number of anilines is 3. The second-order valence-corrected chi connectivity index (χ2v) is 6.24. The van der Waals surface area contributed by atoms with Crippen molar-refractivity contribution < 1.29 is 9.53 Å². The molecule has 0 atom stereocenters. The van der Waals surface area contributed by atoms with Gasteiger partial charge in [-0.05, 0) is 68.3 Å². The highest BCUT2D eigenvalue weighted by atomic mass is 16.5. The van der Waals surface area contributed by atoms with E-state index in [0.717, 1.165) is 5.69 Å². The zero-order valence-electron chi connectivity index (χ0n) is 15.7. The van der Waals surface area contributed by atoms with Crippen molar-refractivity contribution >= 4 is 23.1 Å². The largest absolute Gasteiger partial charge is 0.492 e. The first-order valence-electron chi connectivity index (χ1n) is 8.90. The van der Waals surface area contributed by atoms with E-state index in [0.29, 0.717) is 29.4 Å². The number of ether oxygens (including phenoxy) is 1. The first-order chi connectivity index (χ1) is 13.1. The van der Waals surface area contributed by atoms with Gasteiger partial charge in [0.1, 0.15) is 11.6 Å². The highest BCUT2D eigenvalue weighted by Crippen LogP contribution is 2.25. The number of rotatable bonds is 6. The molecule has 0 fully saturated rings. The fraction of sp³-hybridized carbons (Fsp3) is 0.182. The molecule has 1 heterocycles. The summed E-state index contributed by atoms with van der Waals surface area (Å²) in [6.45, 7) is 6.58. The summed E-state index contributed by atoms with van der Waals surface area (Å²) in [5, 5.41) is 6.15. The van der Waals surface area contributed by atoms with Crippen LogP contribution in [0.4, 0.5) is 17.2 Å². The Kier molecular flexibility index (Phi) is 5.71. The monoisotopic (exact) mass is 361 g/mol. The van der Waals surface area contributed by atoms with Gasteiger partial charge in [0.25, 0.3) is 5.91 Å². The fourth-order valence-corrected chi connectivity index (χ4v) is 2.65. The predicted molar refractivity (Wildman–Crippen MR) is 109 cm³/mol. The normalized spacial score (nSPS) is 10.3. The Morgan fingerprint density at radius 2 is 1.85 bits per heavy atom. The Morgan fingerprint density at radius 1 is 1.04 bits per heavy atom. The molecule has 0 bridgehead atoms. The molecular weight excluding hydrogens is 338 g/mol. The van der Waals surface area contributed by atoms with Gasteiger partial charge < -0.3 is 15.4 Å². The molecule has 3 rings (SSSR count). The number of amides is 1. The lowest BCUT2D eigenvalue weighted by Crippen LogP contribution is -2.13. The quantitative estimate of drug-likeness (QED) is 0.642. The van der Waals surface area contributed by atoms with E-state index in [4.69, 9.17) is 4.74 Å². The minimum absolute atomic E-state index is 0.215. The molecule has 138 valence electrons. The van der Waals surface area contributed by atoms with E-state index < -0.39 is 0 Å². The molecule has 2 aromatic carbocycles. The molecular formula is C22H23N3O2. The first-order valence-corrected chi connectivity index (χ1v) is 8.90. The molecule has 0 unspecified atom stereocenters. The molecule has 0 spiro atoms. The molecule has 2 N–H and O–H groups in total. The number of para-hydroxylation sites is 2. The van der Waals surface area contributed by atoms with E-state index in [1.807, 2.05) is 37.3 Å². The summed E-state index contributed by atoms with van der Waals surface area (Å²) in [6, 6.07) is 16.9. The molecule has 27 heavy (non-hydrogen) atoms. The van der Waals surface area contributed by atoms with Gasteiger partial charge in [-0.2, -0.15) is 0 Å². The number of carbonyl (C=O) groups is 1. The number of nitrogens with one attached hydrogen (secondary N) is 2. The van der Waals surface area contributed by atoms with Crippen LogP contribution in [0.3, 0.4) is 0 Å². The molecule has 5 nitrogen and oxygen atoms in total. The summed E-state index contributed by atoms with van der Waals surface area (Å²) in [5.41, 5.74) is 4.52. The zero-order chi connectivity index (χ0) is 19.2. The number of carbonyl (C=O) groups excluding carboxylic acids is 1. The molecule has 0 aliphatic carbocycles. The van der Waals surface area contributed by atoms with Crippen LogP contribution in [-0.2, 0) is 0 Å². The number of aromatic nitrogens is 1. The van der Waals surface area contributed by atoms with Gasteiger partial charge in [-0.3, -0.25) is 4.79 Å². The van der Waals surface area contributed by atoms with E-state index in [1.54, 1.807) is 18.3 Å². The Balaban J connectivity index is 1.76. The molecule has 0 radical (unpaired) electrons. The fourth-order valence-electron chi connectivity index (χ4n) is 2.65. The summed E-state index contributed by atoms with van der Waals surface area (Å²) in [4.78, 5) is 17.0. The smallest absolute Gasteiger partial charge is 0.255 e. The van der Waals surface area contributed by atoms with Crippen LogP contribution in [-0.4, -0.2) is 17.5 Å². The van der Waals surface area contributed by atoms with Crippen LogP contribution < -0.4 is 15.4 Å². The highest BCUT2D eigenvalue weighted by Gasteiger charge is 2.11. The lowest BCUT2D eigenvalue weighted by Gasteiger charge is -2.12. The number of pyridine rings is 1. The molecule has 1 aromatic heterocycles. The van der Waals surface area contributed by atoms with E-state index in [9.17, 15) is 4.79 Å². The van der Waals surface area contributed by atoms with Gasteiger partial charge in [0.15, 0.2) is 0 Å². The first kappa shape index (κ1) is 18.5. The summed E-state index contributed by atoms with van der Waals surface area (Å²) in [7, 11) is 0. The van der Waals surface area contributed by atoms with Gasteiger partial charge in [0.2, 0.25) is 0 Å². The van der Waals surface area contributed by atoms with Crippen LogP contribution >= 0.6 is 0 Å². The van der Waals surface area contributed by atoms with Crippen molar-refractivity contribution in [2.75, 3.05) is 17.2 Å². The van der Waals surface area contributed by atoms with Crippen LogP contribution in [0.15, 0.2) is 60.8 Å².